The smallest absolute Gasteiger partial charge is 0.222 e. The van der Waals surface area contributed by atoms with E-state index in [0.717, 1.165) is 23.1 Å². The number of hydrogen-bond donors (Lipinski definition) is 1. The van der Waals surface area contributed by atoms with Crippen molar-refractivity contribution < 1.29 is 4.74 Å². The third-order valence-electron chi connectivity index (χ3n) is 3.53. The van der Waals surface area contributed by atoms with E-state index in [1.54, 1.807) is 0 Å². The van der Waals surface area contributed by atoms with E-state index in [-0.39, 0.29) is 6.10 Å². The number of nitrogens with zero attached hydrogens (tertiary/aromatic N) is 2. The van der Waals surface area contributed by atoms with Gasteiger partial charge in [-0.3, -0.25) is 0 Å². The highest BCUT2D eigenvalue weighted by Crippen LogP contribution is 2.40. The summed E-state index contributed by atoms with van der Waals surface area (Å²) in [6.07, 6.45) is 2.56. The molecule has 0 aromatic carbocycles. The van der Waals surface area contributed by atoms with Crippen molar-refractivity contribution in [3.8, 4) is 5.88 Å². The van der Waals surface area contributed by atoms with Gasteiger partial charge in [0.25, 0.3) is 0 Å². The highest BCUT2D eigenvalue weighted by Gasteiger charge is 2.28. The third kappa shape index (κ3) is 2.74. The number of nitrogens with one attached hydrogen (secondary N) is 1. The molecule has 100 valence electrons. The highest BCUT2D eigenvalue weighted by molar-refractivity contribution is 5.48. The Morgan fingerprint density at radius 2 is 1.89 bits per heavy atom. The van der Waals surface area contributed by atoms with Crippen molar-refractivity contribution in [2.75, 3.05) is 12.4 Å². The van der Waals surface area contributed by atoms with E-state index < -0.39 is 0 Å². The van der Waals surface area contributed by atoms with Crippen molar-refractivity contribution in [3.05, 3.63) is 11.4 Å². The van der Waals surface area contributed by atoms with E-state index in [0.29, 0.717) is 11.8 Å². The summed E-state index contributed by atoms with van der Waals surface area (Å²) in [6.45, 7) is 8.40. The lowest BCUT2D eigenvalue weighted by atomic mass is 10.1. The minimum absolute atomic E-state index is 0.162. The summed E-state index contributed by atoms with van der Waals surface area (Å²) in [4.78, 5) is 9.16. The van der Waals surface area contributed by atoms with Crippen molar-refractivity contribution in [2.24, 2.45) is 5.92 Å². The van der Waals surface area contributed by atoms with Crippen molar-refractivity contribution in [2.45, 2.75) is 52.6 Å². The molecule has 1 fully saturated rings. The summed E-state index contributed by atoms with van der Waals surface area (Å²) in [5.41, 5.74) is 0.995. The van der Waals surface area contributed by atoms with Gasteiger partial charge < -0.3 is 10.1 Å². The Bertz CT molecular complexity index is 427. The Hall–Kier alpha value is -1.32. The monoisotopic (exact) mass is 249 g/mol. The largest absolute Gasteiger partial charge is 0.474 e. The molecule has 2 rings (SSSR count). The summed E-state index contributed by atoms with van der Waals surface area (Å²) in [6, 6.07) is 0. The average molecular weight is 249 g/mol. The molecule has 1 aliphatic carbocycles. The second-order valence-electron chi connectivity index (χ2n) is 5.45. The Morgan fingerprint density at radius 3 is 2.39 bits per heavy atom. The van der Waals surface area contributed by atoms with E-state index in [4.69, 9.17) is 4.74 Å². The Morgan fingerprint density at radius 1 is 1.22 bits per heavy atom. The highest BCUT2D eigenvalue weighted by atomic mass is 16.5. The van der Waals surface area contributed by atoms with Gasteiger partial charge in [-0.15, -0.1) is 0 Å². The van der Waals surface area contributed by atoms with Crippen LogP contribution in [0.1, 0.15) is 50.9 Å². The summed E-state index contributed by atoms with van der Waals surface area (Å²) >= 11 is 0. The zero-order chi connectivity index (χ0) is 13.3. The van der Waals surface area contributed by atoms with E-state index >= 15 is 0 Å². The maximum absolute atomic E-state index is 5.98. The Kier molecular flexibility index (Phi) is 3.73. The van der Waals surface area contributed by atoms with Gasteiger partial charge in [0.2, 0.25) is 5.88 Å². The molecule has 0 amide bonds. The molecule has 0 bridgehead atoms. The van der Waals surface area contributed by atoms with E-state index in [1.165, 1.54) is 12.8 Å². The molecule has 1 heterocycles. The van der Waals surface area contributed by atoms with Crippen molar-refractivity contribution in [1.82, 2.24) is 9.97 Å². The summed E-state index contributed by atoms with van der Waals surface area (Å²) in [5, 5.41) is 3.13. The summed E-state index contributed by atoms with van der Waals surface area (Å²) in [7, 11) is 1.89. The van der Waals surface area contributed by atoms with Crippen LogP contribution < -0.4 is 10.1 Å². The Balaban J connectivity index is 2.29. The third-order valence-corrected chi connectivity index (χ3v) is 3.53. The molecule has 4 nitrogen and oxygen atoms in total. The molecule has 1 aromatic rings. The number of hydrogen-bond acceptors (Lipinski definition) is 4. The zero-order valence-electron chi connectivity index (χ0n) is 11.9. The molecule has 1 aliphatic rings. The molecular weight excluding hydrogens is 226 g/mol. The topological polar surface area (TPSA) is 47.0 Å². The van der Waals surface area contributed by atoms with Gasteiger partial charge in [0.05, 0.1) is 11.7 Å². The lowest BCUT2D eigenvalue weighted by Crippen LogP contribution is -2.20. The van der Waals surface area contributed by atoms with Crippen LogP contribution >= 0.6 is 0 Å². The second-order valence-corrected chi connectivity index (χ2v) is 5.45. The first kappa shape index (κ1) is 13.1. The first-order valence-electron chi connectivity index (χ1n) is 6.75. The summed E-state index contributed by atoms with van der Waals surface area (Å²) < 4.78 is 5.98. The number of aromatic nitrogens is 2. The maximum atomic E-state index is 5.98. The van der Waals surface area contributed by atoms with Gasteiger partial charge in [0.15, 0.2) is 0 Å². The fourth-order valence-electron chi connectivity index (χ4n) is 1.71. The number of anilines is 1. The van der Waals surface area contributed by atoms with Gasteiger partial charge in [-0.25, -0.2) is 4.98 Å². The SMILES string of the molecule is CNc1nc(C2CC2)nc(OC(C)C(C)C)c1C. The molecule has 1 saturated carbocycles. The predicted octanol–water partition coefficient (Wildman–Crippen LogP) is 3.13. The van der Waals surface area contributed by atoms with Gasteiger partial charge in [-0.05, 0) is 32.6 Å². The van der Waals surface area contributed by atoms with Gasteiger partial charge in [-0.1, -0.05) is 13.8 Å². The molecule has 1 unspecified atom stereocenters. The lowest BCUT2D eigenvalue weighted by molar-refractivity contribution is 0.161. The molecule has 1 N–H and O–H groups in total. The molecule has 18 heavy (non-hydrogen) atoms. The van der Waals surface area contributed by atoms with Gasteiger partial charge >= 0.3 is 0 Å². The van der Waals surface area contributed by atoms with Gasteiger partial charge in [0.1, 0.15) is 11.6 Å². The fraction of sp³-hybridized carbons (Fsp3) is 0.714. The van der Waals surface area contributed by atoms with Crippen LogP contribution in [0.25, 0.3) is 0 Å². The van der Waals surface area contributed by atoms with Crippen LogP contribution in [-0.4, -0.2) is 23.1 Å². The first-order chi connectivity index (χ1) is 8.52. The van der Waals surface area contributed by atoms with Gasteiger partial charge in [0, 0.05) is 13.0 Å². The lowest BCUT2D eigenvalue weighted by Gasteiger charge is -2.20. The second kappa shape index (κ2) is 5.12. The summed E-state index contributed by atoms with van der Waals surface area (Å²) in [5.74, 6) is 3.56. The molecule has 1 atom stereocenters. The van der Waals surface area contributed by atoms with Crippen LogP contribution in [0.15, 0.2) is 0 Å². The first-order valence-corrected chi connectivity index (χ1v) is 6.75. The minimum Gasteiger partial charge on any atom is -0.474 e. The number of ether oxygens (including phenoxy) is 1. The normalized spacial score (nSPS) is 16.8. The van der Waals surface area contributed by atoms with E-state index in [2.05, 4.69) is 36.1 Å². The molecule has 1 aromatic heterocycles. The molecular formula is C14H23N3O. The van der Waals surface area contributed by atoms with Crippen LogP contribution in [-0.2, 0) is 0 Å². The van der Waals surface area contributed by atoms with Crippen molar-refractivity contribution >= 4 is 5.82 Å². The minimum atomic E-state index is 0.162. The van der Waals surface area contributed by atoms with Crippen LogP contribution in [0.5, 0.6) is 5.88 Å². The molecule has 0 spiro atoms. The predicted molar refractivity (Wildman–Crippen MR) is 73.2 cm³/mol. The molecule has 4 heteroatoms. The van der Waals surface area contributed by atoms with Crippen LogP contribution in [0.3, 0.4) is 0 Å². The van der Waals surface area contributed by atoms with E-state index in [9.17, 15) is 0 Å². The molecule has 0 radical (unpaired) electrons. The van der Waals surface area contributed by atoms with Crippen LogP contribution in [0.2, 0.25) is 0 Å². The number of rotatable bonds is 5. The standard InChI is InChI=1S/C14H23N3O/c1-8(2)10(4)18-14-9(3)12(15-5)16-13(17-14)11-6-7-11/h8,10-11H,6-7H2,1-5H3,(H,15,16,17). The average Bonchev–Trinajstić information content (AvgIpc) is 3.15. The van der Waals surface area contributed by atoms with Crippen molar-refractivity contribution in [3.63, 3.8) is 0 Å². The molecule has 0 aliphatic heterocycles. The van der Waals surface area contributed by atoms with Gasteiger partial charge in [-0.2, -0.15) is 4.98 Å². The van der Waals surface area contributed by atoms with Crippen LogP contribution in [0, 0.1) is 12.8 Å². The Labute approximate surface area is 109 Å². The van der Waals surface area contributed by atoms with Crippen LogP contribution in [0.4, 0.5) is 5.82 Å². The maximum Gasteiger partial charge on any atom is 0.222 e. The molecule has 0 saturated heterocycles. The quantitative estimate of drug-likeness (QED) is 0.871. The van der Waals surface area contributed by atoms with E-state index in [1.807, 2.05) is 14.0 Å². The zero-order valence-corrected chi connectivity index (χ0v) is 11.9. The fourth-order valence-corrected chi connectivity index (χ4v) is 1.71. The van der Waals surface area contributed by atoms with Crippen molar-refractivity contribution in [1.29, 1.82) is 0 Å².